The first-order valence-electron chi connectivity index (χ1n) is 13.4. The molecule has 2 aromatic rings. The molecule has 9 nitrogen and oxygen atoms in total. The number of halogens is 3. The van der Waals surface area contributed by atoms with Crippen LogP contribution in [0, 0.1) is 4.78 Å². The van der Waals surface area contributed by atoms with E-state index in [1.54, 1.807) is 47.6 Å². The molecule has 0 saturated carbocycles. The average molecular weight is 649 g/mol. The van der Waals surface area contributed by atoms with Gasteiger partial charge in [-0.3, -0.25) is 4.78 Å². The molecule has 2 aromatic carbocycles. The third kappa shape index (κ3) is 11.8. The highest BCUT2D eigenvalue weighted by Crippen LogP contribution is 2.38. The molecule has 2 unspecified atom stereocenters. The molecule has 43 heavy (non-hydrogen) atoms. The maximum Gasteiger partial charge on any atom is 0.408 e. The van der Waals surface area contributed by atoms with Gasteiger partial charge in [0.2, 0.25) is 9.84 Å². The number of carbonyl (C=O) groups is 2. The molecule has 2 rings (SSSR count). The van der Waals surface area contributed by atoms with Crippen LogP contribution in [0.3, 0.4) is 0 Å². The van der Waals surface area contributed by atoms with Crippen LogP contribution in [-0.4, -0.2) is 59.6 Å². The van der Waals surface area contributed by atoms with Crippen molar-refractivity contribution >= 4 is 31.6 Å². The van der Waals surface area contributed by atoms with Crippen molar-refractivity contribution in [1.82, 2.24) is 5.32 Å². The Morgan fingerprint density at radius 1 is 0.791 bits per heavy atom. The highest BCUT2D eigenvalue weighted by atomic mass is 32.2. The summed E-state index contributed by atoms with van der Waals surface area (Å²) in [6.45, 7) is 9.63. The number of carbonyl (C=O) groups excluding carboxylic acids is 2. The number of rotatable bonds is 11. The zero-order valence-electron chi connectivity index (χ0n) is 25.0. The average Bonchev–Trinajstić information content (AvgIpc) is 2.84. The Bertz CT molecular complexity index is 1460. The van der Waals surface area contributed by atoms with Gasteiger partial charge in [-0.25, -0.2) is 22.2 Å². The molecule has 240 valence electrons. The first-order chi connectivity index (χ1) is 19.5. The van der Waals surface area contributed by atoms with Gasteiger partial charge in [0.1, 0.15) is 17.2 Å². The molecule has 3 atom stereocenters. The predicted molar refractivity (Wildman–Crippen MR) is 156 cm³/mol. The third-order valence-electron chi connectivity index (χ3n) is 5.90. The highest BCUT2D eigenvalue weighted by molar-refractivity contribution is 7.92. The second kappa shape index (κ2) is 13.7. The molecule has 0 saturated heterocycles. The number of ether oxygens (including phenoxy) is 2. The number of esters is 1. The van der Waals surface area contributed by atoms with E-state index in [1.165, 1.54) is 24.3 Å². The Hall–Kier alpha value is -3.13. The van der Waals surface area contributed by atoms with Gasteiger partial charge in [-0.15, -0.1) is 0 Å². The summed E-state index contributed by atoms with van der Waals surface area (Å²) < 4.78 is 99.5. The lowest BCUT2D eigenvalue weighted by Gasteiger charge is -2.26. The Morgan fingerprint density at radius 2 is 1.28 bits per heavy atom. The molecule has 0 spiro atoms. The fourth-order valence-electron chi connectivity index (χ4n) is 3.92. The van der Waals surface area contributed by atoms with Crippen molar-refractivity contribution in [2.45, 2.75) is 93.5 Å². The van der Waals surface area contributed by atoms with E-state index in [2.05, 4.69) is 5.32 Å². The minimum atomic E-state index is -4.77. The molecule has 0 aliphatic carbocycles. The predicted octanol–water partition coefficient (Wildman–Crippen LogP) is 6.23. The Kier molecular flexibility index (Phi) is 11.5. The van der Waals surface area contributed by atoms with Crippen molar-refractivity contribution in [2.24, 2.45) is 0 Å². The van der Waals surface area contributed by atoms with E-state index in [-0.39, 0.29) is 21.8 Å². The van der Waals surface area contributed by atoms with Gasteiger partial charge in [0.25, 0.3) is 0 Å². The van der Waals surface area contributed by atoms with E-state index in [0.29, 0.717) is 0 Å². The van der Waals surface area contributed by atoms with Gasteiger partial charge < -0.3 is 14.8 Å². The number of alkyl halides is 3. The summed E-state index contributed by atoms with van der Waals surface area (Å²) >= 11 is 0. The number of benzene rings is 2. The Morgan fingerprint density at radius 3 is 1.77 bits per heavy atom. The van der Waals surface area contributed by atoms with Crippen LogP contribution < -0.4 is 5.32 Å². The first-order valence-corrected chi connectivity index (χ1v) is 16.8. The van der Waals surface area contributed by atoms with Crippen molar-refractivity contribution in [2.75, 3.05) is 11.5 Å². The number of alkyl carbamates (subject to hydrolysis) is 1. The third-order valence-corrected chi connectivity index (χ3v) is 9.47. The Balaban J connectivity index is 2.18. The summed E-state index contributed by atoms with van der Waals surface area (Å²) in [5.41, 5.74) is -2.06. The van der Waals surface area contributed by atoms with Gasteiger partial charge in [-0.1, -0.05) is 30.3 Å². The van der Waals surface area contributed by atoms with E-state index in [9.17, 15) is 35.4 Å². The summed E-state index contributed by atoms with van der Waals surface area (Å²) in [5, 5.41) is 2.34. The van der Waals surface area contributed by atoms with Gasteiger partial charge >= 0.3 is 18.2 Å². The van der Waals surface area contributed by atoms with Crippen molar-refractivity contribution in [3.05, 3.63) is 60.2 Å². The van der Waals surface area contributed by atoms with E-state index in [4.69, 9.17) is 14.3 Å². The molecule has 0 aliphatic rings. The molecule has 0 radical (unpaired) electrons. The van der Waals surface area contributed by atoms with Crippen LogP contribution in [0.1, 0.15) is 65.9 Å². The fraction of sp³-hybridized carbons (Fsp3) is 0.517. The van der Waals surface area contributed by atoms with Crippen molar-refractivity contribution in [1.29, 1.82) is 4.78 Å². The molecule has 0 bridgehead atoms. The van der Waals surface area contributed by atoms with Crippen LogP contribution >= 0.6 is 0 Å². The lowest BCUT2D eigenvalue weighted by molar-refractivity contribution is -0.157. The minimum absolute atomic E-state index is 0.00471. The van der Waals surface area contributed by atoms with Gasteiger partial charge in [0.05, 0.1) is 15.7 Å². The summed E-state index contributed by atoms with van der Waals surface area (Å²) in [7, 11) is -7.59. The monoisotopic (exact) mass is 648 g/mol. The van der Waals surface area contributed by atoms with Crippen LogP contribution in [0.2, 0.25) is 0 Å². The molecule has 14 heteroatoms. The van der Waals surface area contributed by atoms with E-state index in [0.717, 1.165) is 24.3 Å². The van der Waals surface area contributed by atoms with Crippen LogP contribution in [0.15, 0.2) is 64.4 Å². The molecule has 0 aromatic heterocycles. The molecular formula is C29H39F3N2O7S2. The Labute approximate surface area is 251 Å². The largest absolute Gasteiger partial charge is 0.458 e. The molecule has 1 amide bonds. The van der Waals surface area contributed by atoms with Crippen LogP contribution in [0.5, 0.6) is 0 Å². The standard InChI is InChI=1S/C29H39F3N2O7S2/c1-27(2,3)40-25(35)24(34-26(36)41-28(4,5)6)17-19-42(33,37)18-16-23(29(30,31)32)20-12-14-22(15-13-20)43(38,39)21-10-8-7-9-11-21/h7-15,23-24,33H,16-19H2,1-6H3,(H,34,36)/t23?,24-,42?/m0/s1. The van der Waals surface area contributed by atoms with Gasteiger partial charge in [-0.2, -0.15) is 13.2 Å². The topological polar surface area (TPSA) is 140 Å². The molecule has 0 heterocycles. The zero-order chi connectivity index (χ0) is 32.9. The summed E-state index contributed by atoms with van der Waals surface area (Å²) in [5.74, 6) is -4.14. The normalized spacial score (nSPS) is 15.6. The van der Waals surface area contributed by atoms with E-state index < -0.39 is 78.9 Å². The minimum Gasteiger partial charge on any atom is -0.458 e. The highest BCUT2D eigenvalue weighted by Gasteiger charge is 2.41. The van der Waals surface area contributed by atoms with E-state index >= 15 is 0 Å². The number of nitrogens with one attached hydrogen (secondary N) is 2. The van der Waals surface area contributed by atoms with Crippen LogP contribution in [-0.2, 0) is 33.8 Å². The molecule has 2 N–H and O–H groups in total. The number of hydrogen-bond donors (Lipinski definition) is 2. The lowest BCUT2D eigenvalue weighted by atomic mass is 9.96. The summed E-state index contributed by atoms with van der Waals surface area (Å²) in [6.07, 6.45) is -6.77. The summed E-state index contributed by atoms with van der Waals surface area (Å²) in [4.78, 5) is 24.8. The van der Waals surface area contributed by atoms with Crippen molar-refractivity contribution < 1.29 is 44.9 Å². The summed E-state index contributed by atoms with van der Waals surface area (Å²) in [6, 6.07) is 10.4. The lowest BCUT2D eigenvalue weighted by Crippen LogP contribution is -2.46. The second-order valence-corrected chi connectivity index (χ2v) is 16.4. The second-order valence-electron chi connectivity index (χ2n) is 12.0. The van der Waals surface area contributed by atoms with Crippen LogP contribution in [0.4, 0.5) is 18.0 Å². The van der Waals surface area contributed by atoms with Crippen molar-refractivity contribution in [3.8, 4) is 0 Å². The first kappa shape index (κ1) is 36.1. The van der Waals surface area contributed by atoms with Gasteiger partial charge in [-0.05, 0) is 84.2 Å². The number of amides is 1. The quantitative estimate of drug-likeness (QED) is 0.276. The van der Waals surface area contributed by atoms with Crippen molar-refractivity contribution in [3.63, 3.8) is 0 Å². The maximum atomic E-state index is 14.0. The SMILES string of the molecule is CC(C)(C)OC(=O)N[C@@H](CCS(=N)(=O)CCC(c1ccc(S(=O)(=O)c2ccccc2)cc1)C(F)(F)F)C(=O)OC(C)(C)C. The van der Waals surface area contributed by atoms with Crippen LogP contribution in [0.25, 0.3) is 0 Å². The smallest absolute Gasteiger partial charge is 0.408 e. The van der Waals surface area contributed by atoms with Gasteiger partial charge in [0, 0.05) is 21.2 Å². The maximum absolute atomic E-state index is 14.0. The molecule has 0 aliphatic heterocycles. The fourth-order valence-corrected chi connectivity index (χ4v) is 6.64. The molecular weight excluding hydrogens is 609 g/mol. The van der Waals surface area contributed by atoms with E-state index in [1.807, 2.05) is 0 Å². The number of sulfone groups is 1. The zero-order valence-corrected chi connectivity index (χ0v) is 26.6. The van der Waals surface area contributed by atoms with Gasteiger partial charge in [0.15, 0.2) is 0 Å². The number of hydrogen-bond acceptors (Lipinski definition) is 8. The molecule has 0 fully saturated rings.